The van der Waals surface area contributed by atoms with E-state index in [0.717, 1.165) is 24.1 Å². The molecule has 1 atom stereocenters. The maximum absolute atomic E-state index is 13.0. The number of carbonyl (C=O) groups excluding carboxylic acids is 2. The van der Waals surface area contributed by atoms with Gasteiger partial charge in [0.15, 0.2) is 0 Å². The Kier molecular flexibility index (Phi) is 8.23. The van der Waals surface area contributed by atoms with E-state index in [4.69, 9.17) is 4.74 Å². The molecule has 1 aliphatic rings. The van der Waals surface area contributed by atoms with Crippen molar-refractivity contribution in [2.24, 2.45) is 0 Å². The fraction of sp³-hybridized carbons (Fsp3) is 0.357. The largest absolute Gasteiger partial charge is 0.451 e. The third kappa shape index (κ3) is 6.27. The van der Waals surface area contributed by atoms with Crippen molar-refractivity contribution >= 4 is 29.3 Å². The number of aliphatic hydroxyl groups excluding tert-OH is 1. The molecule has 0 bridgehead atoms. The van der Waals surface area contributed by atoms with E-state index in [1.54, 1.807) is 12.1 Å². The van der Waals surface area contributed by atoms with Gasteiger partial charge < -0.3 is 30.7 Å². The first-order valence-electron chi connectivity index (χ1n) is 12.5. The summed E-state index contributed by atoms with van der Waals surface area (Å²) in [4.78, 5) is 36.2. The molecule has 1 amide bonds. The molecule has 0 unspecified atom stereocenters. The molecule has 1 aromatic heterocycles. The van der Waals surface area contributed by atoms with Crippen LogP contribution in [0.5, 0.6) is 0 Å². The van der Waals surface area contributed by atoms with Crippen molar-refractivity contribution in [2.45, 2.75) is 31.9 Å². The van der Waals surface area contributed by atoms with Crippen LogP contribution in [-0.4, -0.2) is 65.6 Å². The summed E-state index contributed by atoms with van der Waals surface area (Å²) in [5.74, 6) is -0.117. The number of hydrogen-bond donors (Lipinski definition) is 4. The Morgan fingerprint density at radius 3 is 2.63 bits per heavy atom. The van der Waals surface area contributed by atoms with Gasteiger partial charge in [-0.2, -0.15) is 4.98 Å². The van der Waals surface area contributed by atoms with Gasteiger partial charge in [-0.05, 0) is 64.7 Å². The minimum Gasteiger partial charge on any atom is -0.451 e. The Morgan fingerprint density at radius 2 is 1.92 bits per heavy atom. The number of aromatic nitrogens is 2. The SMILES string of the molecule is CN(C)CCCNC(=O)c1cnc(Nc2ccc3c(c2)C(C)(C)OC3=O)nc1N[C@H](CO)c1ccccc1. The highest BCUT2D eigenvalue weighted by molar-refractivity contribution is 5.99. The minimum absolute atomic E-state index is 0.200. The number of hydrogen-bond acceptors (Lipinski definition) is 9. The zero-order valence-corrected chi connectivity index (χ0v) is 22.1. The predicted octanol–water partition coefficient (Wildman–Crippen LogP) is 3.45. The van der Waals surface area contributed by atoms with Crippen LogP contribution in [0.4, 0.5) is 17.5 Å². The van der Waals surface area contributed by atoms with Crippen molar-refractivity contribution in [3.05, 3.63) is 77.0 Å². The van der Waals surface area contributed by atoms with E-state index in [9.17, 15) is 14.7 Å². The summed E-state index contributed by atoms with van der Waals surface area (Å²) in [7, 11) is 3.96. The highest BCUT2D eigenvalue weighted by atomic mass is 16.6. The van der Waals surface area contributed by atoms with E-state index in [1.165, 1.54) is 6.20 Å². The Morgan fingerprint density at radius 1 is 1.16 bits per heavy atom. The lowest BCUT2D eigenvalue weighted by Gasteiger charge is -2.20. The zero-order valence-electron chi connectivity index (χ0n) is 22.1. The fourth-order valence-electron chi connectivity index (χ4n) is 4.26. The first-order chi connectivity index (χ1) is 18.2. The Balaban J connectivity index is 1.60. The van der Waals surface area contributed by atoms with Gasteiger partial charge in [0.05, 0.1) is 18.2 Å². The molecular formula is C28H34N6O4. The summed E-state index contributed by atoms with van der Waals surface area (Å²) >= 11 is 0. The summed E-state index contributed by atoms with van der Waals surface area (Å²) in [6.07, 6.45) is 2.26. The first-order valence-corrected chi connectivity index (χ1v) is 12.5. The van der Waals surface area contributed by atoms with Gasteiger partial charge in [0.25, 0.3) is 5.91 Å². The third-order valence-corrected chi connectivity index (χ3v) is 6.29. The summed E-state index contributed by atoms with van der Waals surface area (Å²) in [5.41, 5.74) is 2.34. The number of nitrogens with one attached hydrogen (secondary N) is 3. The van der Waals surface area contributed by atoms with Gasteiger partial charge in [0, 0.05) is 24.0 Å². The van der Waals surface area contributed by atoms with Crippen LogP contribution in [0.3, 0.4) is 0 Å². The summed E-state index contributed by atoms with van der Waals surface area (Å²) < 4.78 is 5.46. The number of aliphatic hydroxyl groups is 1. The van der Waals surface area contributed by atoms with Crippen LogP contribution in [0.15, 0.2) is 54.7 Å². The van der Waals surface area contributed by atoms with Gasteiger partial charge in [0.2, 0.25) is 5.95 Å². The molecule has 0 saturated heterocycles. The Labute approximate surface area is 222 Å². The summed E-state index contributed by atoms with van der Waals surface area (Å²) in [5, 5.41) is 19.4. The molecule has 0 aliphatic carbocycles. The summed E-state index contributed by atoms with van der Waals surface area (Å²) in [6, 6.07) is 14.3. The van der Waals surface area contributed by atoms with Gasteiger partial charge >= 0.3 is 5.97 Å². The topological polar surface area (TPSA) is 129 Å². The van der Waals surface area contributed by atoms with E-state index in [0.29, 0.717) is 17.8 Å². The van der Waals surface area contributed by atoms with Crippen LogP contribution in [0.1, 0.15) is 58.2 Å². The molecular weight excluding hydrogens is 484 g/mol. The molecule has 0 fully saturated rings. The highest BCUT2D eigenvalue weighted by Gasteiger charge is 2.37. The van der Waals surface area contributed by atoms with Crippen molar-refractivity contribution in [3.63, 3.8) is 0 Å². The number of nitrogens with zero attached hydrogens (tertiary/aromatic N) is 3. The second-order valence-corrected chi connectivity index (χ2v) is 9.94. The van der Waals surface area contributed by atoms with Crippen LogP contribution in [0.2, 0.25) is 0 Å². The number of benzene rings is 2. The van der Waals surface area contributed by atoms with E-state index in [1.807, 2.05) is 64.3 Å². The standard InChI is InChI=1S/C28H34N6O4/c1-28(2)22-15-19(11-12-20(22)26(37)38-28)31-27-30-16-21(25(36)29-13-8-14-34(3)4)24(33-27)32-23(17-35)18-9-6-5-7-10-18/h5-7,9-12,15-16,23,35H,8,13-14,17H2,1-4H3,(H,29,36)(H2,30,31,32,33)/t23-/m1/s1. The number of anilines is 3. The Bertz CT molecular complexity index is 1300. The number of esters is 1. The van der Waals surface area contributed by atoms with Gasteiger partial charge in [-0.25, -0.2) is 9.78 Å². The molecule has 2 aromatic carbocycles. The normalized spacial score (nSPS) is 14.5. The average molecular weight is 519 g/mol. The van der Waals surface area contributed by atoms with E-state index in [2.05, 4.69) is 30.8 Å². The molecule has 3 aromatic rings. The maximum Gasteiger partial charge on any atom is 0.339 e. The van der Waals surface area contributed by atoms with Crippen LogP contribution < -0.4 is 16.0 Å². The maximum atomic E-state index is 13.0. The highest BCUT2D eigenvalue weighted by Crippen LogP contribution is 2.37. The lowest BCUT2D eigenvalue weighted by Crippen LogP contribution is -2.29. The molecule has 10 heteroatoms. The van der Waals surface area contributed by atoms with E-state index < -0.39 is 11.6 Å². The van der Waals surface area contributed by atoms with Crippen molar-refractivity contribution in [3.8, 4) is 0 Å². The van der Waals surface area contributed by atoms with Gasteiger partial charge in [-0.3, -0.25) is 4.79 Å². The van der Waals surface area contributed by atoms with E-state index in [-0.39, 0.29) is 35.8 Å². The molecule has 2 heterocycles. The number of carbonyl (C=O) groups is 2. The molecule has 0 saturated carbocycles. The predicted molar refractivity (Wildman–Crippen MR) is 146 cm³/mol. The monoisotopic (exact) mass is 518 g/mol. The van der Waals surface area contributed by atoms with Gasteiger partial charge in [-0.15, -0.1) is 0 Å². The van der Waals surface area contributed by atoms with Crippen molar-refractivity contribution in [2.75, 3.05) is 44.4 Å². The average Bonchev–Trinajstić information content (AvgIpc) is 3.12. The second-order valence-electron chi connectivity index (χ2n) is 9.94. The van der Waals surface area contributed by atoms with Crippen LogP contribution in [0, 0.1) is 0 Å². The molecule has 0 radical (unpaired) electrons. The molecule has 4 N–H and O–H groups in total. The molecule has 4 rings (SSSR count). The lowest BCUT2D eigenvalue weighted by atomic mass is 9.95. The van der Waals surface area contributed by atoms with Gasteiger partial charge in [0.1, 0.15) is 17.0 Å². The zero-order chi connectivity index (χ0) is 27.3. The van der Waals surface area contributed by atoms with Crippen molar-refractivity contribution < 1.29 is 19.4 Å². The van der Waals surface area contributed by atoms with Crippen LogP contribution >= 0.6 is 0 Å². The first kappa shape index (κ1) is 27.0. The number of amides is 1. The van der Waals surface area contributed by atoms with E-state index >= 15 is 0 Å². The molecule has 38 heavy (non-hydrogen) atoms. The van der Waals surface area contributed by atoms with Crippen molar-refractivity contribution in [1.29, 1.82) is 0 Å². The second kappa shape index (κ2) is 11.6. The molecule has 0 spiro atoms. The number of fused-ring (bicyclic) bond motifs is 1. The quantitative estimate of drug-likeness (QED) is 0.223. The van der Waals surface area contributed by atoms with Gasteiger partial charge in [-0.1, -0.05) is 30.3 Å². The minimum atomic E-state index is -0.740. The number of cyclic esters (lactones) is 1. The fourth-order valence-corrected chi connectivity index (χ4v) is 4.26. The van der Waals surface area contributed by atoms with Crippen molar-refractivity contribution in [1.82, 2.24) is 20.2 Å². The molecule has 200 valence electrons. The number of rotatable bonds is 11. The lowest BCUT2D eigenvalue weighted by molar-refractivity contribution is 0.00953. The number of ether oxygens (including phenoxy) is 1. The van der Waals surface area contributed by atoms with Crippen LogP contribution in [-0.2, 0) is 10.3 Å². The summed E-state index contributed by atoms with van der Waals surface area (Å²) in [6.45, 7) is 4.83. The van der Waals surface area contributed by atoms with Crippen LogP contribution in [0.25, 0.3) is 0 Å². The molecule has 1 aliphatic heterocycles. The third-order valence-electron chi connectivity index (χ3n) is 6.29. The smallest absolute Gasteiger partial charge is 0.339 e. The Hall–Kier alpha value is -4.02. The molecule has 10 nitrogen and oxygen atoms in total.